The summed E-state index contributed by atoms with van der Waals surface area (Å²) in [6.07, 6.45) is 14.0. The highest BCUT2D eigenvalue weighted by atomic mass is 16.5. The van der Waals surface area contributed by atoms with E-state index in [1.54, 1.807) is 19.5 Å². The molecule has 2 aromatic heterocycles. The molecule has 1 aliphatic rings. The lowest BCUT2D eigenvalue weighted by atomic mass is 9.79. The summed E-state index contributed by atoms with van der Waals surface area (Å²) in [6.45, 7) is 3.18. The Morgan fingerprint density at radius 1 is 1.03 bits per heavy atom. The van der Waals surface area contributed by atoms with E-state index in [0.29, 0.717) is 11.8 Å². The van der Waals surface area contributed by atoms with Crippen molar-refractivity contribution in [2.24, 2.45) is 11.8 Å². The molecule has 0 aliphatic carbocycles. The van der Waals surface area contributed by atoms with E-state index in [2.05, 4.69) is 32.0 Å². The Morgan fingerprint density at radius 3 is 2.69 bits per heavy atom. The minimum atomic E-state index is -0.689. The van der Waals surface area contributed by atoms with Gasteiger partial charge < -0.3 is 14.7 Å². The summed E-state index contributed by atoms with van der Waals surface area (Å²) in [4.78, 5) is 27.0. The van der Waals surface area contributed by atoms with Gasteiger partial charge in [-0.2, -0.15) is 0 Å². The standard InChI is InChI=1S/C29H38N4O3/c1-36-25-10-11-27-26(20-25)23(13-17-30-27)7-4-6-22-14-19-33(21-24(22)9-12-29(34)35)18-3-2-8-28-31-15-5-16-32-28/h5,10-11,13,15-17,20,22,24H,2-4,6-9,12,14,18-19,21H2,1H3,(H,34,35)/t22-,24+/m1/s1. The van der Waals surface area contributed by atoms with Gasteiger partial charge in [0.05, 0.1) is 12.6 Å². The third-order valence-corrected chi connectivity index (χ3v) is 7.51. The van der Waals surface area contributed by atoms with E-state index < -0.39 is 5.97 Å². The predicted molar refractivity (Wildman–Crippen MR) is 141 cm³/mol. The normalized spacial score (nSPS) is 18.4. The van der Waals surface area contributed by atoms with E-state index in [0.717, 1.165) is 93.5 Å². The first kappa shape index (κ1) is 26.0. The Bertz CT molecular complexity index is 1110. The maximum atomic E-state index is 11.3. The molecule has 192 valence electrons. The topological polar surface area (TPSA) is 88.4 Å². The quantitative estimate of drug-likeness (QED) is 0.330. The average Bonchev–Trinajstić information content (AvgIpc) is 2.91. The van der Waals surface area contributed by atoms with E-state index in [1.807, 2.05) is 24.4 Å². The second kappa shape index (κ2) is 13.3. The molecule has 1 fully saturated rings. The van der Waals surface area contributed by atoms with Gasteiger partial charge in [0.2, 0.25) is 0 Å². The van der Waals surface area contributed by atoms with Gasteiger partial charge in [0.25, 0.3) is 0 Å². The number of fused-ring (bicyclic) bond motifs is 1. The number of methoxy groups -OCH3 is 1. The summed E-state index contributed by atoms with van der Waals surface area (Å²) in [5.74, 6) is 2.11. The Labute approximate surface area is 213 Å². The number of pyridine rings is 1. The zero-order valence-electron chi connectivity index (χ0n) is 21.3. The molecule has 1 saturated heterocycles. The molecule has 7 heteroatoms. The molecule has 0 unspecified atom stereocenters. The molecule has 0 bridgehead atoms. The van der Waals surface area contributed by atoms with Crippen LogP contribution in [0.3, 0.4) is 0 Å². The van der Waals surface area contributed by atoms with Gasteiger partial charge in [0.1, 0.15) is 11.6 Å². The number of nitrogens with zero attached hydrogens (tertiary/aromatic N) is 4. The Morgan fingerprint density at radius 2 is 1.89 bits per heavy atom. The lowest BCUT2D eigenvalue weighted by Crippen LogP contribution is -2.41. The number of aromatic nitrogens is 3. The molecule has 1 aliphatic heterocycles. The number of likely N-dealkylation sites (tertiary alicyclic amines) is 1. The number of ether oxygens (including phenoxy) is 1. The zero-order chi connectivity index (χ0) is 25.2. The molecule has 36 heavy (non-hydrogen) atoms. The van der Waals surface area contributed by atoms with Gasteiger partial charge >= 0.3 is 5.97 Å². The first-order chi connectivity index (χ1) is 17.6. The van der Waals surface area contributed by atoms with E-state index >= 15 is 0 Å². The average molecular weight is 491 g/mol. The van der Waals surface area contributed by atoms with E-state index in [4.69, 9.17) is 4.74 Å². The zero-order valence-corrected chi connectivity index (χ0v) is 21.3. The molecule has 1 N–H and O–H groups in total. The van der Waals surface area contributed by atoms with Crippen LogP contribution in [0.2, 0.25) is 0 Å². The van der Waals surface area contributed by atoms with Gasteiger partial charge in [-0.3, -0.25) is 9.78 Å². The number of benzene rings is 1. The number of hydrogen-bond acceptors (Lipinski definition) is 6. The molecule has 4 rings (SSSR count). The second-order valence-electron chi connectivity index (χ2n) is 9.91. The predicted octanol–water partition coefficient (Wildman–Crippen LogP) is 5.18. The van der Waals surface area contributed by atoms with Crippen LogP contribution in [0.4, 0.5) is 0 Å². The largest absolute Gasteiger partial charge is 0.497 e. The van der Waals surface area contributed by atoms with Gasteiger partial charge in [0, 0.05) is 43.4 Å². The molecular weight excluding hydrogens is 452 g/mol. The fourth-order valence-corrected chi connectivity index (χ4v) is 5.53. The first-order valence-corrected chi connectivity index (χ1v) is 13.2. The van der Waals surface area contributed by atoms with Crippen LogP contribution in [0.5, 0.6) is 5.75 Å². The number of aryl methyl sites for hydroxylation is 2. The minimum Gasteiger partial charge on any atom is -0.497 e. The number of carboxylic acids is 1. The lowest BCUT2D eigenvalue weighted by Gasteiger charge is -2.39. The Hall–Kier alpha value is -3.06. The maximum Gasteiger partial charge on any atom is 0.303 e. The molecule has 0 saturated carbocycles. The summed E-state index contributed by atoms with van der Waals surface area (Å²) in [5.41, 5.74) is 2.31. The fraction of sp³-hybridized carbons (Fsp3) is 0.517. The highest BCUT2D eigenvalue weighted by Gasteiger charge is 2.29. The molecule has 0 amide bonds. The minimum absolute atomic E-state index is 0.259. The van der Waals surface area contributed by atoms with Crippen molar-refractivity contribution < 1.29 is 14.6 Å². The number of carbonyl (C=O) groups is 1. The number of carboxylic acid groups (broad SMARTS) is 1. The van der Waals surface area contributed by atoms with Crippen LogP contribution < -0.4 is 4.74 Å². The molecule has 0 radical (unpaired) electrons. The van der Waals surface area contributed by atoms with Crippen molar-refractivity contribution in [3.63, 3.8) is 0 Å². The van der Waals surface area contributed by atoms with Crippen LogP contribution in [-0.4, -0.2) is 57.7 Å². The van der Waals surface area contributed by atoms with Crippen molar-refractivity contribution in [1.29, 1.82) is 0 Å². The van der Waals surface area contributed by atoms with Crippen LogP contribution in [0.1, 0.15) is 56.3 Å². The highest BCUT2D eigenvalue weighted by Crippen LogP contribution is 2.32. The maximum absolute atomic E-state index is 11.3. The van der Waals surface area contributed by atoms with Crippen molar-refractivity contribution in [3.8, 4) is 5.75 Å². The smallest absolute Gasteiger partial charge is 0.303 e. The Kier molecular flexibility index (Phi) is 9.61. The number of rotatable bonds is 13. The molecule has 7 nitrogen and oxygen atoms in total. The van der Waals surface area contributed by atoms with Gasteiger partial charge in [-0.25, -0.2) is 9.97 Å². The van der Waals surface area contributed by atoms with Crippen LogP contribution >= 0.6 is 0 Å². The monoisotopic (exact) mass is 490 g/mol. The van der Waals surface area contributed by atoms with E-state index in [9.17, 15) is 9.90 Å². The first-order valence-electron chi connectivity index (χ1n) is 13.2. The summed E-state index contributed by atoms with van der Waals surface area (Å²) < 4.78 is 5.42. The van der Waals surface area contributed by atoms with Crippen LogP contribution in [0.15, 0.2) is 48.9 Å². The van der Waals surface area contributed by atoms with E-state index in [-0.39, 0.29) is 6.42 Å². The third-order valence-electron chi connectivity index (χ3n) is 7.51. The van der Waals surface area contributed by atoms with Crippen LogP contribution in [0, 0.1) is 11.8 Å². The third kappa shape index (κ3) is 7.47. The number of hydrogen-bond donors (Lipinski definition) is 1. The van der Waals surface area contributed by atoms with Crippen LogP contribution in [0.25, 0.3) is 10.9 Å². The van der Waals surface area contributed by atoms with Gasteiger partial charge in [-0.05, 0) is 106 Å². The van der Waals surface area contributed by atoms with Crippen molar-refractivity contribution >= 4 is 16.9 Å². The molecule has 0 spiro atoms. The fourth-order valence-electron chi connectivity index (χ4n) is 5.53. The number of piperidine rings is 1. The highest BCUT2D eigenvalue weighted by molar-refractivity contribution is 5.83. The summed E-state index contributed by atoms with van der Waals surface area (Å²) in [7, 11) is 1.69. The van der Waals surface area contributed by atoms with Crippen molar-refractivity contribution in [3.05, 3.63) is 60.3 Å². The summed E-state index contributed by atoms with van der Waals surface area (Å²) in [6, 6.07) is 10.0. The summed E-state index contributed by atoms with van der Waals surface area (Å²) in [5, 5.41) is 10.5. The molecular formula is C29H38N4O3. The van der Waals surface area contributed by atoms with Crippen molar-refractivity contribution in [1.82, 2.24) is 19.9 Å². The van der Waals surface area contributed by atoms with Gasteiger partial charge in [0.15, 0.2) is 0 Å². The Balaban J connectivity index is 1.28. The van der Waals surface area contributed by atoms with E-state index in [1.165, 1.54) is 5.56 Å². The molecule has 3 aromatic rings. The number of aliphatic carboxylic acids is 1. The van der Waals surface area contributed by atoms with Gasteiger partial charge in [-0.15, -0.1) is 0 Å². The second-order valence-corrected chi connectivity index (χ2v) is 9.91. The van der Waals surface area contributed by atoms with Gasteiger partial charge in [-0.1, -0.05) is 0 Å². The summed E-state index contributed by atoms with van der Waals surface area (Å²) >= 11 is 0. The lowest BCUT2D eigenvalue weighted by molar-refractivity contribution is -0.137. The number of unbranched alkanes of at least 4 members (excludes halogenated alkanes) is 1. The van der Waals surface area contributed by atoms with Crippen molar-refractivity contribution in [2.75, 3.05) is 26.7 Å². The molecule has 2 atom stereocenters. The van der Waals surface area contributed by atoms with Crippen LogP contribution in [-0.2, 0) is 17.6 Å². The molecule has 3 heterocycles. The van der Waals surface area contributed by atoms with Crippen molar-refractivity contribution in [2.45, 2.75) is 57.8 Å². The molecule has 1 aromatic carbocycles. The SMILES string of the molecule is COc1ccc2nccc(CCC[C@@H]3CCN(CCCCc4ncccn4)C[C@@H]3CCC(=O)O)c2c1.